The average molecular weight is 323 g/mol. The van der Waals surface area contributed by atoms with Crippen LogP contribution in [0.2, 0.25) is 0 Å². The van der Waals surface area contributed by atoms with E-state index < -0.39 is 11.6 Å². The summed E-state index contributed by atoms with van der Waals surface area (Å²) >= 11 is 0. The SMILES string of the molecule is O=C1NCCCCC1NC1CCN(c2ccc(F)c(F)c2)CC1. The number of amides is 1. The molecule has 0 radical (unpaired) electrons. The molecule has 0 spiro atoms. The van der Waals surface area contributed by atoms with Crippen LogP contribution in [-0.4, -0.2) is 37.6 Å². The maximum Gasteiger partial charge on any atom is 0.237 e. The maximum absolute atomic E-state index is 13.3. The number of carbonyl (C=O) groups is 1. The molecule has 1 atom stereocenters. The summed E-state index contributed by atoms with van der Waals surface area (Å²) in [6.07, 6.45) is 4.77. The Balaban J connectivity index is 1.53. The van der Waals surface area contributed by atoms with Crippen molar-refractivity contribution in [1.29, 1.82) is 0 Å². The van der Waals surface area contributed by atoms with E-state index in [2.05, 4.69) is 15.5 Å². The first-order valence-electron chi connectivity index (χ1n) is 8.37. The van der Waals surface area contributed by atoms with Crippen LogP contribution in [0.4, 0.5) is 14.5 Å². The fourth-order valence-electron chi connectivity index (χ4n) is 3.37. The number of nitrogens with one attached hydrogen (secondary N) is 2. The van der Waals surface area contributed by atoms with Crippen LogP contribution in [0.3, 0.4) is 0 Å². The minimum Gasteiger partial charge on any atom is -0.371 e. The van der Waals surface area contributed by atoms with Gasteiger partial charge in [0.1, 0.15) is 0 Å². The summed E-state index contributed by atoms with van der Waals surface area (Å²) in [7, 11) is 0. The number of benzene rings is 1. The molecule has 1 aromatic carbocycles. The maximum atomic E-state index is 13.3. The Morgan fingerprint density at radius 3 is 2.61 bits per heavy atom. The highest BCUT2D eigenvalue weighted by molar-refractivity contribution is 5.81. The predicted molar refractivity (Wildman–Crippen MR) is 85.4 cm³/mol. The minimum absolute atomic E-state index is 0.0997. The normalized spacial score (nSPS) is 23.5. The third-order valence-corrected chi connectivity index (χ3v) is 4.74. The zero-order chi connectivity index (χ0) is 16.2. The molecule has 23 heavy (non-hydrogen) atoms. The molecule has 0 aromatic heterocycles. The van der Waals surface area contributed by atoms with Gasteiger partial charge < -0.3 is 15.5 Å². The number of halogens is 2. The molecule has 2 heterocycles. The third kappa shape index (κ3) is 3.99. The molecule has 126 valence electrons. The summed E-state index contributed by atoms with van der Waals surface area (Å²) in [4.78, 5) is 14.0. The zero-order valence-electron chi connectivity index (χ0n) is 13.2. The fraction of sp³-hybridized carbons (Fsp3) is 0.588. The van der Waals surface area contributed by atoms with E-state index in [0.29, 0.717) is 6.04 Å². The lowest BCUT2D eigenvalue weighted by Gasteiger charge is -2.35. The van der Waals surface area contributed by atoms with Gasteiger partial charge in [0.25, 0.3) is 0 Å². The van der Waals surface area contributed by atoms with Crippen LogP contribution in [0.25, 0.3) is 0 Å². The number of hydrogen-bond acceptors (Lipinski definition) is 3. The molecule has 4 nitrogen and oxygen atoms in total. The van der Waals surface area contributed by atoms with Crippen LogP contribution >= 0.6 is 0 Å². The predicted octanol–water partition coefficient (Wildman–Crippen LogP) is 2.19. The van der Waals surface area contributed by atoms with Crippen molar-refractivity contribution in [2.45, 2.75) is 44.2 Å². The lowest BCUT2D eigenvalue weighted by molar-refractivity contribution is -0.123. The van der Waals surface area contributed by atoms with E-state index in [1.807, 2.05) is 0 Å². The van der Waals surface area contributed by atoms with Crippen molar-refractivity contribution in [1.82, 2.24) is 10.6 Å². The highest BCUT2D eigenvalue weighted by Gasteiger charge is 2.26. The molecule has 2 saturated heterocycles. The molecule has 2 aliphatic rings. The van der Waals surface area contributed by atoms with Gasteiger partial charge in [0.05, 0.1) is 6.04 Å². The van der Waals surface area contributed by atoms with Crippen LogP contribution in [-0.2, 0) is 4.79 Å². The number of anilines is 1. The molecular formula is C17H23F2N3O. The Kier molecular flexibility index (Phi) is 5.10. The Morgan fingerprint density at radius 1 is 1.09 bits per heavy atom. The molecular weight excluding hydrogens is 300 g/mol. The van der Waals surface area contributed by atoms with E-state index >= 15 is 0 Å². The Bertz CT molecular complexity index is 559. The highest BCUT2D eigenvalue weighted by atomic mass is 19.2. The lowest BCUT2D eigenvalue weighted by atomic mass is 10.0. The van der Waals surface area contributed by atoms with Crippen molar-refractivity contribution in [2.75, 3.05) is 24.5 Å². The third-order valence-electron chi connectivity index (χ3n) is 4.74. The second kappa shape index (κ2) is 7.25. The summed E-state index contributed by atoms with van der Waals surface area (Å²) < 4.78 is 26.4. The first-order chi connectivity index (χ1) is 11.1. The highest BCUT2D eigenvalue weighted by Crippen LogP contribution is 2.22. The second-order valence-corrected chi connectivity index (χ2v) is 6.37. The van der Waals surface area contributed by atoms with Gasteiger partial charge in [0.15, 0.2) is 11.6 Å². The van der Waals surface area contributed by atoms with Gasteiger partial charge in [0, 0.05) is 37.4 Å². The number of rotatable bonds is 3. The number of carbonyl (C=O) groups excluding carboxylic acids is 1. The number of nitrogens with zero attached hydrogens (tertiary/aromatic N) is 1. The first kappa shape index (κ1) is 16.2. The van der Waals surface area contributed by atoms with Crippen molar-refractivity contribution >= 4 is 11.6 Å². The molecule has 1 amide bonds. The Morgan fingerprint density at radius 2 is 1.87 bits per heavy atom. The van der Waals surface area contributed by atoms with Crippen LogP contribution in [0, 0.1) is 11.6 Å². The van der Waals surface area contributed by atoms with Gasteiger partial charge in [-0.15, -0.1) is 0 Å². The second-order valence-electron chi connectivity index (χ2n) is 6.37. The van der Waals surface area contributed by atoms with Crippen molar-refractivity contribution in [3.05, 3.63) is 29.8 Å². The van der Waals surface area contributed by atoms with E-state index in [4.69, 9.17) is 0 Å². The van der Waals surface area contributed by atoms with Gasteiger partial charge in [-0.1, -0.05) is 0 Å². The van der Waals surface area contributed by atoms with Crippen molar-refractivity contribution in [3.63, 3.8) is 0 Å². The molecule has 1 unspecified atom stereocenters. The average Bonchev–Trinajstić information content (AvgIpc) is 2.76. The number of hydrogen-bond donors (Lipinski definition) is 2. The summed E-state index contributed by atoms with van der Waals surface area (Å²) in [5, 5.41) is 6.41. The van der Waals surface area contributed by atoms with Gasteiger partial charge in [-0.2, -0.15) is 0 Å². The minimum atomic E-state index is -0.815. The standard InChI is InChI=1S/C17H23F2N3O/c18-14-5-4-13(11-15(14)19)22-9-6-12(7-10-22)21-16-3-1-2-8-20-17(16)23/h4-5,11-12,16,21H,1-3,6-10H2,(H,20,23). The monoisotopic (exact) mass is 323 g/mol. The van der Waals surface area contributed by atoms with Gasteiger partial charge >= 0.3 is 0 Å². The van der Waals surface area contributed by atoms with E-state index in [1.54, 1.807) is 6.07 Å². The van der Waals surface area contributed by atoms with Gasteiger partial charge in [0.2, 0.25) is 5.91 Å². The summed E-state index contributed by atoms with van der Waals surface area (Å²) in [5.74, 6) is -1.52. The van der Waals surface area contributed by atoms with E-state index in [0.717, 1.165) is 57.4 Å². The van der Waals surface area contributed by atoms with Crippen LogP contribution in [0.15, 0.2) is 18.2 Å². The lowest BCUT2D eigenvalue weighted by Crippen LogP contribution is -2.51. The van der Waals surface area contributed by atoms with Gasteiger partial charge in [-0.05, 0) is 44.2 Å². The van der Waals surface area contributed by atoms with Gasteiger partial charge in [-0.25, -0.2) is 8.78 Å². The topological polar surface area (TPSA) is 44.4 Å². The zero-order valence-corrected chi connectivity index (χ0v) is 13.2. The van der Waals surface area contributed by atoms with Crippen molar-refractivity contribution in [3.8, 4) is 0 Å². The Labute approximate surface area is 135 Å². The van der Waals surface area contributed by atoms with E-state index in [9.17, 15) is 13.6 Å². The molecule has 1 aromatic rings. The van der Waals surface area contributed by atoms with Gasteiger partial charge in [-0.3, -0.25) is 4.79 Å². The smallest absolute Gasteiger partial charge is 0.237 e. The summed E-state index contributed by atoms with van der Waals surface area (Å²) in [6, 6.07) is 4.24. The fourth-order valence-corrected chi connectivity index (χ4v) is 3.37. The molecule has 0 saturated carbocycles. The van der Waals surface area contributed by atoms with Crippen molar-refractivity contribution < 1.29 is 13.6 Å². The Hall–Kier alpha value is -1.69. The molecule has 3 rings (SSSR count). The van der Waals surface area contributed by atoms with E-state index in [-0.39, 0.29) is 11.9 Å². The molecule has 6 heteroatoms. The molecule has 0 aliphatic carbocycles. The number of piperidine rings is 1. The summed E-state index contributed by atoms with van der Waals surface area (Å²) in [5.41, 5.74) is 0.717. The molecule has 0 bridgehead atoms. The first-order valence-corrected chi connectivity index (χ1v) is 8.37. The summed E-state index contributed by atoms with van der Waals surface area (Å²) in [6.45, 7) is 2.32. The van der Waals surface area contributed by atoms with E-state index in [1.165, 1.54) is 12.1 Å². The van der Waals surface area contributed by atoms with Crippen LogP contribution in [0.1, 0.15) is 32.1 Å². The molecule has 2 fully saturated rings. The molecule has 2 aliphatic heterocycles. The van der Waals surface area contributed by atoms with Crippen molar-refractivity contribution in [2.24, 2.45) is 0 Å². The van der Waals surface area contributed by atoms with Crippen LogP contribution < -0.4 is 15.5 Å². The van der Waals surface area contributed by atoms with Crippen LogP contribution in [0.5, 0.6) is 0 Å². The largest absolute Gasteiger partial charge is 0.371 e. The molecule has 2 N–H and O–H groups in total. The quantitative estimate of drug-likeness (QED) is 0.896.